The zero-order valence-electron chi connectivity index (χ0n) is 14.5. The summed E-state index contributed by atoms with van der Waals surface area (Å²) in [4.78, 5) is 10.8. The molecular formula is C20H25N3O2. The summed E-state index contributed by atoms with van der Waals surface area (Å²) in [6, 6.07) is 8.18. The van der Waals surface area contributed by atoms with Gasteiger partial charge in [0.25, 0.3) is 0 Å². The number of likely N-dealkylation sites (tertiary alicyclic amines) is 1. The van der Waals surface area contributed by atoms with Crippen LogP contribution in [0, 0.1) is 5.41 Å². The molecule has 5 nitrogen and oxygen atoms in total. The van der Waals surface area contributed by atoms with E-state index in [1.54, 1.807) is 0 Å². The average molecular weight is 339 g/mol. The summed E-state index contributed by atoms with van der Waals surface area (Å²) in [6.07, 6.45) is 9.91. The molecule has 2 saturated heterocycles. The van der Waals surface area contributed by atoms with Crippen LogP contribution in [0.15, 0.2) is 49.1 Å². The second-order valence-electron chi connectivity index (χ2n) is 7.18. The summed E-state index contributed by atoms with van der Waals surface area (Å²) in [5.41, 5.74) is 2.56. The molecule has 0 aliphatic carbocycles. The molecule has 2 aromatic heterocycles. The van der Waals surface area contributed by atoms with Crippen molar-refractivity contribution in [2.75, 3.05) is 26.3 Å². The highest BCUT2D eigenvalue weighted by Crippen LogP contribution is 2.41. The predicted molar refractivity (Wildman–Crippen MR) is 94.8 cm³/mol. The zero-order valence-corrected chi connectivity index (χ0v) is 14.5. The van der Waals surface area contributed by atoms with E-state index in [1.165, 1.54) is 11.1 Å². The highest BCUT2D eigenvalue weighted by Gasteiger charge is 2.47. The van der Waals surface area contributed by atoms with Gasteiger partial charge in [0, 0.05) is 56.4 Å². The summed E-state index contributed by atoms with van der Waals surface area (Å²) < 4.78 is 12.1. The summed E-state index contributed by atoms with van der Waals surface area (Å²) in [6.45, 7) is 5.30. The van der Waals surface area contributed by atoms with Crippen LogP contribution in [-0.2, 0) is 22.6 Å². The van der Waals surface area contributed by atoms with Crippen molar-refractivity contribution in [2.45, 2.75) is 32.1 Å². The molecule has 0 bridgehead atoms. The van der Waals surface area contributed by atoms with Gasteiger partial charge in [-0.25, -0.2) is 0 Å². The highest BCUT2D eigenvalue weighted by atomic mass is 16.5. The molecule has 0 amide bonds. The molecule has 0 N–H and O–H groups in total. The van der Waals surface area contributed by atoms with Gasteiger partial charge in [0.1, 0.15) is 0 Å². The lowest BCUT2D eigenvalue weighted by Gasteiger charge is -2.43. The fourth-order valence-corrected chi connectivity index (χ4v) is 4.08. The van der Waals surface area contributed by atoms with E-state index in [2.05, 4.69) is 20.9 Å². The first-order chi connectivity index (χ1) is 12.3. The number of nitrogens with zero attached hydrogens (tertiary/aromatic N) is 3. The number of ether oxygens (including phenoxy) is 2. The normalized spacial score (nSPS) is 26.5. The predicted octanol–water partition coefficient (Wildman–Crippen LogP) is 2.67. The minimum absolute atomic E-state index is 0.119. The van der Waals surface area contributed by atoms with Gasteiger partial charge in [-0.3, -0.25) is 14.9 Å². The zero-order chi connectivity index (χ0) is 17.0. The Bertz CT molecular complexity index is 667. The number of piperidine rings is 1. The summed E-state index contributed by atoms with van der Waals surface area (Å²) >= 11 is 0. The monoisotopic (exact) mass is 339 g/mol. The molecule has 0 unspecified atom stereocenters. The molecule has 132 valence electrons. The number of rotatable bonds is 6. The lowest BCUT2D eigenvalue weighted by molar-refractivity contribution is -0.0685. The maximum Gasteiger partial charge on any atom is 0.0718 e. The minimum Gasteiger partial charge on any atom is -0.377 e. The molecule has 4 rings (SSSR count). The number of hydrogen-bond donors (Lipinski definition) is 0. The largest absolute Gasteiger partial charge is 0.377 e. The number of aromatic nitrogens is 2. The van der Waals surface area contributed by atoms with E-state index in [0.29, 0.717) is 12.7 Å². The first-order valence-corrected chi connectivity index (χ1v) is 9.04. The van der Waals surface area contributed by atoms with Gasteiger partial charge >= 0.3 is 0 Å². The van der Waals surface area contributed by atoms with E-state index >= 15 is 0 Å². The van der Waals surface area contributed by atoms with Crippen LogP contribution in [0.2, 0.25) is 0 Å². The number of fused-ring (bicyclic) bond motifs is 1. The molecule has 5 heteroatoms. The average Bonchev–Trinajstić information content (AvgIpc) is 3.06. The molecule has 4 heterocycles. The molecule has 2 aliphatic heterocycles. The van der Waals surface area contributed by atoms with Crippen molar-refractivity contribution in [1.82, 2.24) is 14.9 Å². The molecule has 2 fully saturated rings. The van der Waals surface area contributed by atoms with Gasteiger partial charge in [-0.05, 0) is 42.2 Å². The van der Waals surface area contributed by atoms with Crippen LogP contribution in [0.3, 0.4) is 0 Å². The second-order valence-corrected chi connectivity index (χ2v) is 7.18. The van der Waals surface area contributed by atoms with Gasteiger partial charge in [-0.1, -0.05) is 6.07 Å². The maximum atomic E-state index is 6.12. The van der Waals surface area contributed by atoms with Gasteiger partial charge in [0.2, 0.25) is 0 Å². The Morgan fingerprint density at radius 2 is 2.08 bits per heavy atom. The topological polar surface area (TPSA) is 47.5 Å². The molecular weight excluding hydrogens is 314 g/mol. The molecule has 2 aliphatic rings. The summed E-state index contributed by atoms with van der Waals surface area (Å²) in [5, 5.41) is 0. The number of hydrogen-bond acceptors (Lipinski definition) is 5. The van der Waals surface area contributed by atoms with E-state index < -0.39 is 0 Å². The molecule has 2 aromatic rings. The smallest absolute Gasteiger partial charge is 0.0718 e. The van der Waals surface area contributed by atoms with Gasteiger partial charge in [0.05, 0.1) is 19.3 Å². The molecule has 0 spiro atoms. The quantitative estimate of drug-likeness (QED) is 0.810. The third kappa shape index (κ3) is 3.89. The van der Waals surface area contributed by atoms with Gasteiger partial charge < -0.3 is 9.47 Å². The van der Waals surface area contributed by atoms with Crippen molar-refractivity contribution in [3.05, 3.63) is 60.2 Å². The highest BCUT2D eigenvalue weighted by molar-refractivity contribution is 5.10. The van der Waals surface area contributed by atoms with Crippen LogP contribution in [-0.4, -0.2) is 47.3 Å². The fourth-order valence-electron chi connectivity index (χ4n) is 4.08. The van der Waals surface area contributed by atoms with E-state index in [-0.39, 0.29) is 5.41 Å². The molecule has 0 saturated carbocycles. The van der Waals surface area contributed by atoms with E-state index in [4.69, 9.17) is 9.47 Å². The molecule has 0 aromatic carbocycles. The van der Waals surface area contributed by atoms with Crippen molar-refractivity contribution >= 4 is 0 Å². The van der Waals surface area contributed by atoms with Crippen LogP contribution < -0.4 is 0 Å². The third-order valence-corrected chi connectivity index (χ3v) is 5.38. The van der Waals surface area contributed by atoms with Crippen molar-refractivity contribution in [3.8, 4) is 0 Å². The lowest BCUT2D eigenvalue weighted by Crippen LogP contribution is -2.51. The lowest BCUT2D eigenvalue weighted by atomic mass is 9.77. The van der Waals surface area contributed by atoms with Crippen molar-refractivity contribution < 1.29 is 9.47 Å². The van der Waals surface area contributed by atoms with Crippen LogP contribution in [0.5, 0.6) is 0 Å². The standard InChI is InChI=1S/C20H25N3O2/c1-2-18(12-22-7-1)13-23-10-5-19-20(15-23,6-11-25-19)16-24-14-17-3-8-21-9-4-17/h1-4,7-9,12,19H,5-6,10-11,13-16H2/t19-,20+/m0/s1. The Labute approximate surface area is 149 Å². The van der Waals surface area contributed by atoms with Gasteiger partial charge in [-0.15, -0.1) is 0 Å². The van der Waals surface area contributed by atoms with Crippen molar-refractivity contribution in [1.29, 1.82) is 0 Å². The Morgan fingerprint density at radius 1 is 1.16 bits per heavy atom. The molecule has 25 heavy (non-hydrogen) atoms. The first kappa shape index (κ1) is 16.6. The molecule has 0 radical (unpaired) electrons. The number of pyridine rings is 2. The van der Waals surface area contributed by atoms with E-state index in [1.807, 2.05) is 43.0 Å². The third-order valence-electron chi connectivity index (χ3n) is 5.38. The fraction of sp³-hybridized carbons (Fsp3) is 0.500. The van der Waals surface area contributed by atoms with Gasteiger partial charge in [-0.2, -0.15) is 0 Å². The first-order valence-electron chi connectivity index (χ1n) is 9.04. The maximum absolute atomic E-state index is 6.12. The molecule has 2 atom stereocenters. The Morgan fingerprint density at radius 3 is 2.92 bits per heavy atom. The van der Waals surface area contributed by atoms with Crippen LogP contribution >= 0.6 is 0 Å². The van der Waals surface area contributed by atoms with Crippen LogP contribution in [0.1, 0.15) is 24.0 Å². The Balaban J connectivity index is 1.38. The minimum atomic E-state index is 0.119. The van der Waals surface area contributed by atoms with Crippen LogP contribution in [0.25, 0.3) is 0 Å². The SMILES string of the molecule is c1cncc(CN2CC[C@@H]3OCC[C@]3(COCc3ccncc3)C2)c1. The van der Waals surface area contributed by atoms with Crippen molar-refractivity contribution in [3.63, 3.8) is 0 Å². The van der Waals surface area contributed by atoms with E-state index in [0.717, 1.165) is 45.7 Å². The van der Waals surface area contributed by atoms with Crippen LogP contribution in [0.4, 0.5) is 0 Å². The summed E-state index contributed by atoms with van der Waals surface area (Å²) in [5.74, 6) is 0. The Kier molecular flexibility index (Phi) is 5.06. The van der Waals surface area contributed by atoms with Crippen molar-refractivity contribution in [2.24, 2.45) is 5.41 Å². The Hall–Kier alpha value is -1.82. The summed E-state index contributed by atoms with van der Waals surface area (Å²) in [7, 11) is 0. The van der Waals surface area contributed by atoms with E-state index in [9.17, 15) is 0 Å². The van der Waals surface area contributed by atoms with Gasteiger partial charge in [0.15, 0.2) is 0 Å². The second kappa shape index (κ2) is 7.60.